The Morgan fingerprint density at radius 3 is 1.66 bits per heavy atom. The Bertz CT molecular complexity index is 3780. The summed E-state index contributed by atoms with van der Waals surface area (Å²) < 4.78 is 145. The number of carbonyl (C=O) groups is 3. The minimum absolute atomic E-state index is 0.00809. The van der Waals surface area contributed by atoms with Crippen LogP contribution in [0, 0.1) is 0 Å². The number of rotatable bonds is 27. The molecule has 89 heavy (non-hydrogen) atoms. The Labute approximate surface area is 506 Å². The summed E-state index contributed by atoms with van der Waals surface area (Å²) in [6.07, 6.45) is -21.0. The molecule has 8 rings (SSSR count). The number of nitrogens with one attached hydrogen (secondary N) is 5. The molecule has 3 amide bonds. The second-order valence-electron chi connectivity index (χ2n) is 18.2. The van der Waals surface area contributed by atoms with Crippen molar-refractivity contribution in [3.05, 3.63) is 130 Å². The molecule has 10 N–H and O–H groups in total. The van der Waals surface area contributed by atoms with E-state index < -0.39 is 141 Å². The van der Waals surface area contributed by atoms with E-state index >= 15 is 0 Å². The summed E-state index contributed by atoms with van der Waals surface area (Å²) in [5.74, 6) is 0.0238. The SMILES string of the molecule is CSCCNc1nc(SCCC(F)(F)F)nc2c1ncn2[C@@H]1O[C@H](COP(=O)(O)OP(=O)(O)OP(=O)(O)OP(=O)(O)OC[C@@H]2O[C@H](n3ccc(=O)[nH]c3=O)[C@@H](OC(=O)Nc3ccccc3)[C@H]2O)[C@@H](OC(=O)Nc2ccccc2)[C@H]1OC(=O)Nc1ccccc1. The van der Waals surface area contributed by atoms with Crippen molar-refractivity contribution in [3.8, 4) is 0 Å². The first-order chi connectivity index (χ1) is 42.1. The fourth-order valence-corrected chi connectivity index (χ4v) is 14.2. The van der Waals surface area contributed by atoms with E-state index in [1.54, 1.807) is 42.5 Å². The minimum atomic E-state index is -6.54. The zero-order chi connectivity index (χ0) is 64.3. The van der Waals surface area contributed by atoms with Gasteiger partial charge in [-0.2, -0.15) is 37.9 Å². The summed E-state index contributed by atoms with van der Waals surface area (Å²) in [5.41, 5.74) is -1.67. The molecule has 2 aliphatic heterocycles. The molecular weight excluding hydrogens is 1320 g/mol. The number of anilines is 4. The lowest BCUT2D eigenvalue weighted by molar-refractivity contribution is -0.129. The van der Waals surface area contributed by atoms with Crippen molar-refractivity contribution in [1.29, 1.82) is 0 Å². The van der Waals surface area contributed by atoms with E-state index in [0.717, 1.165) is 23.2 Å². The number of aliphatic hydroxyl groups is 1. The number of alkyl halides is 3. The van der Waals surface area contributed by atoms with Crippen LogP contribution in [0.15, 0.2) is 124 Å². The van der Waals surface area contributed by atoms with Crippen molar-refractivity contribution in [2.45, 2.75) is 66.8 Å². The number of thioether (sulfide) groups is 2. The third-order valence-corrected chi connectivity index (χ3v) is 19.2. The number of halogens is 3. The molecule has 12 atom stereocenters. The molecule has 0 bridgehead atoms. The summed E-state index contributed by atoms with van der Waals surface area (Å²) >= 11 is 2.06. The van der Waals surface area contributed by atoms with Gasteiger partial charge in [0.1, 0.15) is 18.3 Å². The van der Waals surface area contributed by atoms with Crippen LogP contribution in [0.4, 0.5) is 50.4 Å². The number of ether oxygens (including phenoxy) is 5. The van der Waals surface area contributed by atoms with Gasteiger partial charge in [0.2, 0.25) is 0 Å². The Morgan fingerprint density at radius 1 is 0.663 bits per heavy atom. The number of fused-ring (bicyclic) bond motifs is 1. The Kier molecular flexibility index (Phi) is 22.7. The quantitative estimate of drug-likeness (QED) is 0.00844. The zero-order valence-corrected chi connectivity index (χ0v) is 50.4. The van der Waals surface area contributed by atoms with Gasteiger partial charge in [0, 0.05) is 47.4 Å². The number of nitrogens with zero attached hydrogens (tertiary/aromatic N) is 5. The highest BCUT2D eigenvalue weighted by Crippen LogP contribution is 2.71. The van der Waals surface area contributed by atoms with Crippen LogP contribution in [-0.4, -0.2) is 152 Å². The molecule has 43 heteroatoms. The molecule has 5 heterocycles. The second-order valence-corrected chi connectivity index (χ2v) is 26.5. The van der Waals surface area contributed by atoms with Crippen molar-refractivity contribution in [2.75, 3.05) is 58.8 Å². The van der Waals surface area contributed by atoms with Gasteiger partial charge < -0.3 is 53.7 Å². The number of aliphatic hydroxyl groups excluding tert-OH is 1. The maximum Gasteiger partial charge on any atom is 0.490 e. The number of phosphoric acid groups is 4. The van der Waals surface area contributed by atoms with Crippen molar-refractivity contribution in [2.24, 2.45) is 0 Å². The van der Waals surface area contributed by atoms with Gasteiger partial charge in [-0.15, -0.1) is 0 Å². The van der Waals surface area contributed by atoms with E-state index in [4.69, 9.17) is 28.2 Å². The van der Waals surface area contributed by atoms with E-state index in [1.807, 2.05) is 11.2 Å². The van der Waals surface area contributed by atoms with Gasteiger partial charge in [-0.1, -0.05) is 66.4 Å². The van der Waals surface area contributed by atoms with Gasteiger partial charge in [-0.05, 0) is 42.7 Å². The molecule has 34 nitrogen and oxygen atoms in total. The van der Waals surface area contributed by atoms with Gasteiger partial charge in [-0.25, -0.2) is 52.4 Å². The van der Waals surface area contributed by atoms with Crippen LogP contribution in [0.3, 0.4) is 0 Å². The number of hydrogen-bond donors (Lipinski definition) is 10. The molecule has 6 aromatic rings. The minimum Gasteiger partial charge on any atom is -0.439 e. The van der Waals surface area contributed by atoms with Crippen LogP contribution in [-0.2, 0) is 63.9 Å². The molecule has 2 saturated heterocycles. The average Bonchev–Trinajstić information content (AvgIpc) is 1.74. The predicted molar refractivity (Wildman–Crippen MR) is 304 cm³/mol. The van der Waals surface area contributed by atoms with Gasteiger partial charge >= 0.3 is 61.4 Å². The number of benzene rings is 3. The largest absolute Gasteiger partial charge is 0.490 e. The van der Waals surface area contributed by atoms with E-state index in [-0.39, 0.29) is 45.7 Å². The molecular formula is C46H51F3N10O24P4S2. The summed E-state index contributed by atoms with van der Waals surface area (Å²) in [5, 5.41) is 21.2. The molecule has 0 saturated carbocycles. The van der Waals surface area contributed by atoms with Crippen molar-refractivity contribution in [3.63, 3.8) is 0 Å². The third-order valence-electron chi connectivity index (χ3n) is 11.8. The van der Waals surface area contributed by atoms with Gasteiger partial charge in [0.05, 0.1) is 26.0 Å². The summed E-state index contributed by atoms with van der Waals surface area (Å²) in [7, 11) is -25.3. The highest BCUT2D eigenvalue weighted by atomic mass is 32.2. The lowest BCUT2D eigenvalue weighted by Gasteiger charge is -2.25. The van der Waals surface area contributed by atoms with Crippen molar-refractivity contribution in [1.82, 2.24) is 29.1 Å². The van der Waals surface area contributed by atoms with Gasteiger partial charge in [0.25, 0.3) is 5.56 Å². The topological polar surface area (TPSA) is 460 Å². The lowest BCUT2D eigenvalue weighted by Crippen LogP contribution is -2.42. The fourth-order valence-electron chi connectivity index (χ4n) is 8.15. The first-order valence-electron chi connectivity index (χ1n) is 25.3. The van der Waals surface area contributed by atoms with Gasteiger partial charge in [0.15, 0.2) is 52.9 Å². The molecule has 0 spiro atoms. The fraction of sp³-hybridized carbons (Fsp3) is 0.348. The van der Waals surface area contributed by atoms with Crippen molar-refractivity contribution < 1.29 is 116 Å². The van der Waals surface area contributed by atoms with Crippen LogP contribution in [0.5, 0.6) is 0 Å². The maximum absolute atomic E-state index is 13.7. The molecule has 0 radical (unpaired) electrons. The number of H-pyrrole nitrogens is 1. The number of hydrogen-bond acceptors (Lipinski definition) is 26. The molecule has 0 aliphatic carbocycles. The number of imidazole rings is 1. The molecule has 482 valence electrons. The Balaban J connectivity index is 0.997. The number of phosphoric ester groups is 2. The number of aromatic amines is 1. The monoisotopic (exact) mass is 1370 g/mol. The lowest BCUT2D eigenvalue weighted by atomic mass is 10.1. The molecule has 2 fully saturated rings. The molecule has 3 aromatic heterocycles. The highest BCUT2D eigenvalue weighted by molar-refractivity contribution is 7.99. The first kappa shape index (κ1) is 68.3. The van der Waals surface area contributed by atoms with Crippen LogP contribution in [0.2, 0.25) is 0 Å². The van der Waals surface area contributed by atoms with Crippen LogP contribution < -0.4 is 32.5 Å². The first-order valence-corrected chi connectivity index (χ1v) is 33.7. The third kappa shape index (κ3) is 19.7. The van der Waals surface area contributed by atoms with Crippen molar-refractivity contribution >= 4 is 107 Å². The number of amides is 3. The van der Waals surface area contributed by atoms with E-state index in [9.17, 15) is 80.1 Å². The summed E-state index contributed by atoms with van der Waals surface area (Å²) in [6, 6.07) is 23.7. The van der Waals surface area contributed by atoms with Crippen LogP contribution in [0.1, 0.15) is 18.9 Å². The zero-order valence-electron chi connectivity index (χ0n) is 45.2. The Hall–Kier alpha value is -6.57. The van der Waals surface area contributed by atoms with Gasteiger partial charge in [-0.3, -0.25) is 43.9 Å². The normalized spacial score (nSPS) is 22.8. The molecule has 2 aliphatic rings. The smallest absolute Gasteiger partial charge is 0.439 e. The summed E-state index contributed by atoms with van der Waals surface area (Å²) in [4.78, 5) is 122. The second kappa shape index (κ2) is 29.6. The maximum atomic E-state index is 13.7. The number of para-hydroxylation sites is 3. The van der Waals surface area contributed by atoms with E-state index in [1.165, 1.54) is 60.3 Å². The Morgan fingerprint density at radius 2 is 1.15 bits per heavy atom. The van der Waals surface area contributed by atoms with Crippen LogP contribution in [0.25, 0.3) is 11.2 Å². The number of aromatic nitrogens is 6. The standard InChI is InChI=1S/C46H51F3N10O24P4S2/c1-88-22-19-50-37-32-38(57-41(56-37)89-21-18-46(47,48)49)59(25-51-32)40-36(80-45(65)54-28-15-9-4-10-16-28)34(78-43(63)52-26-11-5-2-6-12-26)30(77-40)24-75-85(68,69)82-87(72,73)83-86(70,71)81-84(66,67)74-23-29-33(61)35(79-44(64)53-27-13-7-3-8-14-27)39(76-29)58-20-17-31(60)55-42(58)62/h2-17,20,25,29-30,33-36,39-40,61H,18-19,21-24H2,1H3,(H,52,63)(H,53,64)(H,54,65)(H,66,67)(H,68,69)(H,70,71)(H,72,73)(H,50,56,57)(H,55,60,62)/t29-,30+,33-,34+,35-,36+,39-,40+/m0/s1. The average molecular weight is 1370 g/mol. The summed E-state index contributed by atoms with van der Waals surface area (Å²) in [6.45, 7) is -2.44. The highest BCUT2D eigenvalue weighted by Gasteiger charge is 2.54. The number of carbonyl (C=O) groups excluding carboxylic acids is 3. The molecule has 4 unspecified atom stereocenters. The predicted octanol–water partition coefficient (Wildman–Crippen LogP) is 6.69. The molecule has 3 aromatic carbocycles. The van der Waals surface area contributed by atoms with E-state index in [0.29, 0.717) is 22.1 Å². The van der Waals surface area contributed by atoms with E-state index in [2.05, 4.69) is 53.7 Å². The van der Waals surface area contributed by atoms with Crippen LogP contribution >= 0.6 is 54.8 Å².